The second-order valence-corrected chi connectivity index (χ2v) is 6.14. The Kier molecular flexibility index (Phi) is 5.64. The summed E-state index contributed by atoms with van der Waals surface area (Å²) in [5.74, 6) is 1.84. The highest BCUT2D eigenvalue weighted by Crippen LogP contribution is 2.27. The van der Waals surface area contributed by atoms with E-state index in [0.29, 0.717) is 13.2 Å². The molecule has 1 aliphatic rings. The molecular formula is C19H24N2O3. The minimum atomic E-state index is 0.0533. The molecule has 0 unspecified atom stereocenters. The summed E-state index contributed by atoms with van der Waals surface area (Å²) in [6.45, 7) is 4.07. The first-order chi connectivity index (χ1) is 11.8. The number of hydrogen-bond acceptors (Lipinski definition) is 4. The smallest absolute Gasteiger partial charge is 0.248 e. The molecule has 1 aromatic heterocycles. The Balaban J connectivity index is 1.61. The van der Waals surface area contributed by atoms with E-state index in [9.17, 15) is 4.79 Å². The minimum Gasteiger partial charge on any atom is -0.445 e. The number of ether oxygens (including phenoxy) is 1. The maximum atomic E-state index is 12.1. The molecule has 1 fully saturated rings. The molecule has 1 saturated heterocycles. The zero-order valence-corrected chi connectivity index (χ0v) is 14.1. The van der Waals surface area contributed by atoms with Gasteiger partial charge in [0.25, 0.3) is 0 Å². The van der Waals surface area contributed by atoms with E-state index in [1.807, 2.05) is 36.2 Å². The lowest BCUT2D eigenvalue weighted by molar-refractivity contribution is -0.137. The van der Waals surface area contributed by atoms with Gasteiger partial charge >= 0.3 is 0 Å². The van der Waals surface area contributed by atoms with Gasteiger partial charge in [0.15, 0.2) is 5.89 Å². The van der Waals surface area contributed by atoms with Crippen molar-refractivity contribution < 1.29 is 13.9 Å². The van der Waals surface area contributed by atoms with Crippen LogP contribution in [0.1, 0.15) is 42.9 Å². The second-order valence-electron chi connectivity index (χ2n) is 6.14. The zero-order chi connectivity index (χ0) is 16.8. The van der Waals surface area contributed by atoms with Gasteiger partial charge < -0.3 is 14.1 Å². The van der Waals surface area contributed by atoms with Crippen molar-refractivity contribution in [1.29, 1.82) is 0 Å². The Hall–Kier alpha value is -2.14. The number of amides is 1. The van der Waals surface area contributed by atoms with Gasteiger partial charge in [0.1, 0.15) is 12.4 Å². The van der Waals surface area contributed by atoms with E-state index in [2.05, 4.69) is 17.1 Å². The first kappa shape index (κ1) is 16.7. The molecule has 2 heterocycles. The average molecular weight is 328 g/mol. The molecule has 1 aliphatic heterocycles. The molecule has 0 bridgehead atoms. The lowest BCUT2D eigenvalue weighted by Gasteiger charge is -2.31. The van der Waals surface area contributed by atoms with Crippen LogP contribution in [0.4, 0.5) is 0 Å². The predicted molar refractivity (Wildman–Crippen MR) is 90.8 cm³/mol. The molecule has 0 aliphatic carbocycles. The molecule has 24 heavy (non-hydrogen) atoms. The van der Waals surface area contributed by atoms with Crippen LogP contribution in [0.3, 0.4) is 0 Å². The summed E-state index contributed by atoms with van der Waals surface area (Å²) < 4.78 is 11.2. The van der Waals surface area contributed by atoms with Gasteiger partial charge in [-0.2, -0.15) is 0 Å². The van der Waals surface area contributed by atoms with Crippen molar-refractivity contribution >= 4 is 5.91 Å². The van der Waals surface area contributed by atoms with Crippen molar-refractivity contribution in [2.24, 2.45) is 0 Å². The molecule has 1 atom stereocenters. The van der Waals surface area contributed by atoms with Crippen molar-refractivity contribution in [2.45, 2.75) is 32.1 Å². The average Bonchev–Trinajstić information content (AvgIpc) is 3.09. The minimum absolute atomic E-state index is 0.0533. The quantitative estimate of drug-likeness (QED) is 0.818. The maximum absolute atomic E-state index is 12.1. The Morgan fingerprint density at radius 1 is 1.38 bits per heavy atom. The van der Waals surface area contributed by atoms with Gasteiger partial charge in [-0.3, -0.25) is 4.79 Å². The largest absolute Gasteiger partial charge is 0.445 e. The van der Waals surface area contributed by atoms with Gasteiger partial charge in [-0.05, 0) is 25.3 Å². The molecule has 1 aromatic carbocycles. The predicted octanol–water partition coefficient (Wildman–Crippen LogP) is 3.01. The highest BCUT2D eigenvalue weighted by Gasteiger charge is 2.27. The number of aromatic nitrogens is 1. The number of carbonyl (C=O) groups excluding carboxylic acids is 1. The number of benzene rings is 1. The molecule has 3 rings (SSSR count). The highest BCUT2D eigenvalue weighted by atomic mass is 16.5. The van der Waals surface area contributed by atoms with Crippen molar-refractivity contribution in [2.75, 3.05) is 26.3 Å². The number of carbonyl (C=O) groups is 1. The Bertz CT molecular complexity index is 654. The van der Waals surface area contributed by atoms with Crippen LogP contribution in [0.15, 0.2) is 40.9 Å². The van der Waals surface area contributed by atoms with E-state index < -0.39 is 0 Å². The van der Waals surface area contributed by atoms with Gasteiger partial charge in [-0.1, -0.05) is 30.3 Å². The van der Waals surface area contributed by atoms with Gasteiger partial charge in [0.05, 0.1) is 12.1 Å². The lowest BCUT2D eigenvalue weighted by atomic mass is 9.98. The summed E-state index contributed by atoms with van der Waals surface area (Å²) in [7, 11) is 0. The van der Waals surface area contributed by atoms with Crippen molar-refractivity contribution in [3.05, 3.63) is 53.7 Å². The summed E-state index contributed by atoms with van der Waals surface area (Å²) in [6.07, 6.45) is 4.53. The van der Waals surface area contributed by atoms with Crippen LogP contribution in [0.5, 0.6) is 0 Å². The van der Waals surface area contributed by atoms with Gasteiger partial charge in [0, 0.05) is 26.1 Å². The molecule has 128 valence electrons. The molecule has 0 spiro atoms. The zero-order valence-electron chi connectivity index (χ0n) is 14.1. The molecule has 5 heteroatoms. The summed E-state index contributed by atoms with van der Waals surface area (Å²) in [6, 6.07) is 10.2. The third-order valence-electron chi connectivity index (χ3n) is 4.35. The van der Waals surface area contributed by atoms with E-state index in [4.69, 9.17) is 9.15 Å². The van der Waals surface area contributed by atoms with E-state index in [1.165, 1.54) is 5.56 Å². The summed E-state index contributed by atoms with van der Waals surface area (Å²) in [5, 5.41) is 0. The molecule has 0 saturated carbocycles. The molecule has 0 N–H and O–H groups in total. The van der Waals surface area contributed by atoms with Crippen molar-refractivity contribution in [1.82, 2.24) is 9.88 Å². The van der Waals surface area contributed by atoms with E-state index in [-0.39, 0.29) is 18.4 Å². The van der Waals surface area contributed by atoms with Crippen LogP contribution in [0, 0.1) is 0 Å². The van der Waals surface area contributed by atoms with Gasteiger partial charge in [-0.15, -0.1) is 0 Å². The molecule has 2 aromatic rings. The normalized spacial score (nSPS) is 17.9. The molecular weight excluding hydrogens is 304 g/mol. The van der Waals surface area contributed by atoms with Crippen LogP contribution in [0.25, 0.3) is 0 Å². The highest BCUT2D eigenvalue weighted by molar-refractivity contribution is 5.77. The van der Waals surface area contributed by atoms with Crippen LogP contribution in [-0.4, -0.2) is 42.1 Å². The fourth-order valence-electron chi connectivity index (χ4n) is 3.08. The lowest BCUT2D eigenvalue weighted by Crippen LogP contribution is -2.41. The van der Waals surface area contributed by atoms with Gasteiger partial charge in [-0.25, -0.2) is 4.98 Å². The topological polar surface area (TPSA) is 55.6 Å². The molecule has 5 nitrogen and oxygen atoms in total. The number of rotatable bonds is 6. The first-order valence-electron chi connectivity index (χ1n) is 8.60. The third kappa shape index (κ3) is 4.23. The van der Waals surface area contributed by atoms with Gasteiger partial charge in [0.2, 0.25) is 5.91 Å². The van der Waals surface area contributed by atoms with E-state index in [0.717, 1.165) is 37.5 Å². The first-order valence-corrected chi connectivity index (χ1v) is 8.60. The summed E-state index contributed by atoms with van der Waals surface area (Å²) >= 11 is 0. The van der Waals surface area contributed by atoms with Crippen LogP contribution < -0.4 is 0 Å². The number of piperidine rings is 1. The summed E-state index contributed by atoms with van der Waals surface area (Å²) in [4.78, 5) is 18.5. The maximum Gasteiger partial charge on any atom is 0.248 e. The summed E-state index contributed by atoms with van der Waals surface area (Å²) in [5.41, 5.74) is 1.21. The van der Waals surface area contributed by atoms with Crippen LogP contribution in [-0.2, 0) is 16.0 Å². The van der Waals surface area contributed by atoms with Crippen molar-refractivity contribution in [3.63, 3.8) is 0 Å². The number of nitrogens with zero attached hydrogens (tertiary/aromatic N) is 2. The SMILES string of the molecule is CCOCC(=O)N1CCC[C@H](c2ncc(Cc3ccccc3)o2)C1. The number of oxazole rings is 1. The van der Waals surface area contributed by atoms with Crippen LogP contribution in [0.2, 0.25) is 0 Å². The Labute approximate surface area is 142 Å². The molecule has 0 radical (unpaired) electrons. The Morgan fingerprint density at radius 2 is 2.21 bits per heavy atom. The number of hydrogen-bond donors (Lipinski definition) is 0. The monoisotopic (exact) mass is 328 g/mol. The standard InChI is InChI=1S/C19H24N2O3/c1-2-23-14-18(22)21-10-6-9-16(13-21)19-20-12-17(24-19)11-15-7-4-3-5-8-15/h3-5,7-8,12,16H,2,6,9-11,13-14H2,1H3/t16-/m0/s1. The van der Waals surface area contributed by atoms with Crippen LogP contribution >= 0.6 is 0 Å². The van der Waals surface area contributed by atoms with E-state index in [1.54, 1.807) is 0 Å². The van der Waals surface area contributed by atoms with Crippen molar-refractivity contribution in [3.8, 4) is 0 Å². The number of likely N-dealkylation sites (tertiary alicyclic amines) is 1. The Morgan fingerprint density at radius 3 is 3.00 bits per heavy atom. The third-order valence-corrected chi connectivity index (χ3v) is 4.35. The van der Waals surface area contributed by atoms with E-state index >= 15 is 0 Å². The fourth-order valence-corrected chi connectivity index (χ4v) is 3.08. The molecule has 1 amide bonds. The fraction of sp³-hybridized carbons (Fsp3) is 0.474. The second kappa shape index (κ2) is 8.11.